The second kappa shape index (κ2) is 10.7. The Bertz CT molecular complexity index is 1160. The summed E-state index contributed by atoms with van der Waals surface area (Å²) >= 11 is 3.56. The highest BCUT2D eigenvalue weighted by Crippen LogP contribution is 2.31. The maximum absolute atomic E-state index is 12.5. The minimum Gasteiger partial charge on any atom is -0.493 e. The van der Waals surface area contributed by atoms with Gasteiger partial charge in [-0.05, 0) is 80.9 Å². The van der Waals surface area contributed by atoms with Gasteiger partial charge < -0.3 is 14.8 Å². The minimum atomic E-state index is -0.210. The van der Waals surface area contributed by atoms with E-state index in [1.807, 2.05) is 54.6 Å². The van der Waals surface area contributed by atoms with E-state index in [1.54, 1.807) is 13.2 Å². The van der Waals surface area contributed by atoms with Crippen LogP contribution in [0, 0.1) is 6.92 Å². The normalized spacial score (nSPS) is 11.5. The number of rotatable bonds is 7. The van der Waals surface area contributed by atoms with Gasteiger partial charge >= 0.3 is 0 Å². The maximum Gasteiger partial charge on any atom is 0.248 e. The van der Waals surface area contributed by atoms with Crippen LogP contribution in [-0.2, 0) is 16.8 Å². The molecule has 0 atom stereocenters. The topological polar surface area (TPSA) is 47.6 Å². The Morgan fingerprint density at radius 1 is 1.03 bits per heavy atom. The lowest BCUT2D eigenvalue weighted by Gasteiger charge is -2.20. The van der Waals surface area contributed by atoms with Gasteiger partial charge in [0.1, 0.15) is 6.61 Å². The molecule has 172 valence electrons. The van der Waals surface area contributed by atoms with E-state index in [-0.39, 0.29) is 11.3 Å². The Morgan fingerprint density at radius 2 is 1.79 bits per heavy atom. The lowest BCUT2D eigenvalue weighted by molar-refractivity contribution is -0.111. The molecule has 3 rings (SSSR count). The number of carbonyl (C=O) groups is 1. The van der Waals surface area contributed by atoms with Crippen LogP contribution in [0.5, 0.6) is 11.5 Å². The average Bonchev–Trinajstić information content (AvgIpc) is 2.78. The molecule has 5 heteroatoms. The van der Waals surface area contributed by atoms with Gasteiger partial charge in [0.2, 0.25) is 5.91 Å². The molecule has 0 aromatic heterocycles. The van der Waals surface area contributed by atoms with Crippen molar-refractivity contribution in [2.45, 2.75) is 39.7 Å². The van der Waals surface area contributed by atoms with Crippen LogP contribution >= 0.6 is 15.9 Å². The van der Waals surface area contributed by atoms with Gasteiger partial charge in [-0.25, -0.2) is 0 Å². The molecule has 1 amide bonds. The number of carbonyl (C=O) groups excluding carboxylic acids is 1. The maximum atomic E-state index is 12.5. The third-order valence-electron chi connectivity index (χ3n) is 5.35. The molecule has 0 saturated heterocycles. The summed E-state index contributed by atoms with van der Waals surface area (Å²) in [6.45, 7) is 8.99. The number of anilines is 1. The molecule has 0 aliphatic rings. The van der Waals surface area contributed by atoms with Gasteiger partial charge in [0, 0.05) is 10.5 Å². The van der Waals surface area contributed by atoms with Crippen LogP contribution in [0.15, 0.2) is 71.2 Å². The van der Waals surface area contributed by atoms with Crippen molar-refractivity contribution in [2.24, 2.45) is 0 Å². The van der Waals surface area contributed by atoms with E-state index in [4.69, 9.17) is 9.47 Å². The fourth-order valence-electron chi connectivity index (χ4n) is 3.26. The number of hydrogen-bond donors (Lipinski definition) is 1. The van der Waals surface area contributed by atoms with Gasteiger partial charge in [0.05, 0.1) is 12.8 Å². The molecule has 0 aliphatic heterocycles. The van der Waals surface area contributed by atoms with Crippen molar-refractivity contribution < 1.29 is 14.3 Å². The van der Waals surface area contributed by atoms with E-state index in [9.17, 15) is 4.79 Å². The first-order valence-electron chi connectivity index (χ1n) is 10.8. The van der Waals surface area contributed by atoms with Crippen LogP contribution in [0.4, 0.5) is 5.69 Å². The molecule has 4 nitrogen and oxygen atoms in total. The van der Waals surface area contributed by atoms with Crippen molar-refractivity contribution in [1.82, 2.24) is 0 Å². The zero-order valence-electron chi connectivity index (χ0n) is 19.7. The fourth-order valence-corrected chi connectivity index (χ4v) is 3.74. The monoisotopic (exact) mass is 507 g/mol. The van der Waals surface area contributed by atoms with Gasteiger partial charge in [-0.2, -0.15) is 0 Å². The summed E-state index contributed by atoms with van der Waals surface area (Å²) in [4.78, 5) is 12.5. The molecule has 3 aromatic rings. The minimum absolute atomic E-state index is 0.0415. The zero-order valence-corrected chi connectivity index (χ0v) is 21.3. The Kier molecular flexibility index (Phi) is 7.98. The summed E-state index contributed by atoms with van der Waals surface area (Å²) in [5, 5.41) is 2.91. The van der Waals surface area contributed by atoms with E-state index in [0.717, 1.165) is 21.3 Å². The van der Waals surface area contributed by atoms with Gasteiger partial charge in [0.25, 0.3) is 0 Å². The predicted octanol–water partition coefficient (Wildman–Crippen LogP) is 7.29. The van der Waals surface area contributed by atoms with E-state index < -0.39 is 0 Å². The first-order chi connectivity index (χ1) is 15.7. The van der Waals surface area contributed by atoms with Crippen molar-refractivity contribution >= 4 is 33.6 Å². The van der Waals surface area contributed by atoms with E-state index >= 15 is 0 Å². The number of methoxy groups -OCH3 is 1. The molecule has 0 saturated carbocycles. The van der Waals surface area contributed by atoms with E-state index in [2.05, 4.69) is 55.0 Å². The van der Waals surface area contributed by atoms with E-state index in [0.29, 0.717) is 18.1 Å². The molecule has 0 unspecified atom stereocenters. The molecule has 0 heterocycles. The first-order valence-corrected chi connectivity index (χ1v) is 11.6. The second-order valence-electron chi connectivity index (χ2n) is 8.89. The first kappa shape index (κ1) is 24.6. The van der Waals surface area contributed by atoms with Crippen LogP contribution < -0.4 is 14.8 Å². The zero-order chi connectivity index (χ0) is 24.0. The molecule has 0 radical (unpaired) electrons. The molecule has 0 aliphatic carbocycles. The highest BCUT2D eigenvalue weighted by molar-refractivity contribution is 9.10. The lowest BCUT2D eigenvalue weighted by Crippen LogP contribution is -2.12. The summed E-state index contributed by atoms with van der Waals surface area (Å²) in [5.74, 6) is 1.06. The van der Waals surface area contributed by atoms with Crippen LogP contribution in [0.2, 0.25) is 0 Å². The van der Waals surface area contributed by atoms with Crippen LogP contribution in [0.3, 0.4) is 0 Å². The molecule has 33 heavy (non-hydrogen) atoms. The van der Waals surface area contributed by atoms with Gasteiger partial charge in [-0.1, -0.05) is 57.2 Å². The second-order valence-corrected chi connectivity index (χ2v) is 9.75. The summed E-state index contributed by atoms with van der Waals surface area (Å²) in [7, 11) is 1.61. The number of ether oxygens (including phenoxy) is 2. The summed E-state index contributed by atoms with van der Waals surface area (Å²) in [6, 6.07) is 19.7. The number of amides is 1. The Labute approximate surface area is 204 Å². The van der Waals surface area contributed by atoms with Crippen molar-refractivity contribution in [2.75, 3.05) is 12.4 Å². The Morgan fingerprint density at radius 3 is 2.45 bits per heavy atom. The van der Waals surface area contributed by atoms with Crippen LogP contribution in [0.25, 0.3) is 6.08 Å². The van der Waals surface area contributed by atoms with Crippen molar-refractivity contribution in [3.8, 4) is 11.5 Å². The number of hydrogen-bond acceptors (Lipinski definition) is 3. The van der Waals surface area contributed by atoms with Gasteiger partial charge in [0.15, 0.2) is 11.5 Å². The summed E-state index contributed by atoms with van der Waals surface area (Å²) < 4.78 is 12.3. The number of nitrogens with one attached hydrogen (secondary N) is 1. The SMILES string of the molecule is COc1cc(/C=C/C(=O)Nc2ccc(C(C)(C)C)cc2Br)ccc1OCc1ccccc1C. The summed E-state index contributed by atoms with van der Waals surface area (Å²) in [5.41, 5.74) is 5.12. The fraction of sp³-hybridized carbons (Fsp3) is 0.250. The molecule has 0 spiro atoms. The lowest BCUT2D eigenvalue weighted by atomic mass is 9.87. The highest BCUT2D eigenvalue weighted by atomic mass is 79.9. The quantitative estimate of drug-likeness (QED) is 0.341. The van der Waals surface area contributed by atoms with Crippen molar-refractivity contribution in [1.29, 1.82) is 0 Å². The predicted molar refractivity (Wildman–Crippen MR) is 139 cm³/mol. The summed E-state index contributed by atoms with van der Waals surface area (Å²) in [6.07, 6.45) is 3.26. The average molecular weight is 508 g/mol. The van der Waals surface area contributed by atoms with Gasteiger partial charge in [-0.3, -0.25) is 4.79 Å². The smallest absolute Gasteiger partial charge is 0.248 e. The molecule has 1 N–H and O–H groups in total. The van der Waals surface area contributed by atoms with Crippen molar-refractivity contribution in [3.05, 3.63) is 93.5 Å². The third-order valence-corrected chi connectivity index (χ3v) is 6.01. The largest absolute Gasteiger partial charge is 0.493 e. The number of aryl methyl sites for hydroxylation is 1. The molecule has 3 aromatic carbocycles. The Hall–Kier alpha value is -3.05. The van der Waals surface area contributed by atoms with Crippen LogP contribution in [0.1, 0.15) is 43.0 Å². The van der Waals surface area contributed by atoms with Crippen LogP contribution in [-0.4, -0.2) is 13.0 Å². The van der Waals surface area contributed by atoms with Crippen molar-refractivity contribution in [3.63, 3.8) is 0 Å². The third kappa shape index (κ3) is 6.72. The number of benzene rings is 3. The molecule has 0 bridgehead atoms. The molecular formula is C28H30BrNO3. The van der Waals surface area contributed by atoms with E-state index in [1.165, 1.54) is 17.2 Å². The standard InChI is InChI=1S/C28H30BrNO3/c1-19-8-6-7-9-21(19)18-33-25-14-10-20(16-26(25)32-5)11-15-27(31)30-24-13-12-22(17-23(24)29)28(2,3)4/h6-17H,18H2,1-5H3,(H,30,31)/b15-11+. The molecular weight excluding hydrogens is 478 g/mol. The molecule has 0 fully saturated rings. The van der Waals surface area contributed by atoms with Gasteiger partial charge in [-0.15, -0.1) is 0 Å². The highest BCUT2D eigenvalue weighted by Gasteiger charge is 2.15. The Balaban J connectivity index is 1.66. The number of halogens is 1.